The molecule has 0 fully saturated rings. The number of amides is 1. The first kappa shape index (κ1) is 21.7. The van der Waals surface area contributed by atoms with Gasteiger partial charge in [-0.25, -0.2) is 9.97 Å². The smallest absolute Gasteiger partial charge is 0.253 e. The molecule has 3 rings (SSSR count). The maximum atomic E-state index is 12.8. The molecule has 0 saturated heterocycles. The number of rotatable bonds is 9. The Morgan fingerprint density at radius 1 is 1.10 bits per heavy atom. The van der Waals surface area contributed by atoms with E-state index < -0.39 is 0 Å². The predicted molar refractivity (Wildman–Crippen MR) is 122 cm³/mol. The number of aromatic amines is 1. The highest BCUT2D eigenvalue weighted by Crippen LogP contribution is 2.23. The summed E-state index contributed by atoms with van der Waals surface area (Å²) in [7, 11) is 8.07. The number of fused-ring (bicyclic) bond motifs is 1. The van der Waals surface area contributed by atoms with E-state index in [2.05, 4.69) is 44.6 Å². The van der Waals surface area contributed by atoms with Gasteiger partial charge in [-0.15, -0.1) is 0 Å². The van der Waals surface area contributed by atoms with Gasteiger partial charge in [0, 0.05) is 43.1 Å². The Kier molecular flexibility index (Phi) is 7.02. The number of hydrogen-bond acceptors (Lipinski definition) is 6. The molecular formula is C22H31N7O. The lowest BCUT2D eigenvalue weighted by Gasteiger charge is -2.18. The molecular weight excluding hydrogens is 378 g/mol. The number of H-pyrrole nitrogens is 1. The summed E-state index contributed by atoms with van der Waals surface area (Å²) in [5, 5.41) is 6.43. The van der Waals surface area contributed by atoms with E-state index in [1.807, 2.05) is 50.2 Å². The molecule has 0 bridgehead atoms. The number of pyridine rings is 1. The Morgan fingerprint density at radius 2 is 1.83 bits per heavy atom. The van der Waals surface area contributed by atoms with Crippen LogP contribution in [0.1, 0.15) is 17.3 Å². The van der Waals surface area contributed by atoms with E-state index in [-0.39, 0.29) is 11.9 Å². The van der Waals surface area contributed by atoms with Crippen LogP contribution in [0.15, 0.2) is 36.5 Å². The number of benzene rings is 1. The normalized spacial score (nSPS) is 12.5. The summed E-state index contributed by atoms with van der Waals surface area (Å²) < 4.78 is 0. The van der Waals surface area contributed by atoms with Gasteiger partial charge < -0.3 is 25.4 Å². The van der Waals surface area contributed by atoms with Crippen molar-refractivity contribution in [1.82, 2.24) is 30.1 Å². The van der Waals surface area contributed by atoms with Crippen LogP contribution >= 0.6 is 0 Å². The first-order valence-corrected chi connectivity index (χ1v) is 10.1. The number of carbonyl (C=O) groups is 1. The predicted octanol–water partition coefficient (Wildman–Crippen LogP) is 2.28. The van der Waals surface area contributed by atoms with Crippen LogP contribution < -0.4 is 10.6 Å². The molecule has 0 aliphatic heterocycles. The number of anilines is 1. The van der Waals surface area contributed by atoms with Crippen molar-refractivity contribution in [2.45, 2.75) is 13.0 Å². The van der Waals surface area contributed by atoms with Gasteiger partial charge in [0.05, 0.1) is 11.1 Å². The van der Waals surface area contributed by atoms with Gasteiger partial charge in [-0.1, -0.05) is 0 Å². The quantitative estimate of drug-likeness (QED) is 0.502. The first-order chi connectivity index (χ1) is 14.3. The summed E-state index contributed by atoms with van der Waals surface area (Å²) in [6, 6.07) is 9.83. The average molecular weight is 410 g/mol. The SMILES string of the molecule is CC(CN(C)C)NC(=O)c1ccnc2nc(-c3ccc(NCCN(C)C)cc3)[nH]c12. The highest BCUT2D eigenvalue weighted by atomic mass is 16.1. The van der Waals surface area contributed by atoms with E-state index in [1.54, 1.807) is 12.3 Å². The number of nitrogens with one attached hydrogen (secondary N) is 3. The van der Waals surface area contributed by atoms with Gasteiger partial charge in [0.15, 0.2) is 5.65 Å². The molecule has 2 heterocycles. The molecule has 8 nitrogen and oxygen atoms in total. The van der Waals surface area contributed by atoms with Crippen LogP contribution in [0.5, 0.6) is 0 Å². The average Bonchev–Trinajstić information content (AvgIpc) is 3.11. The van der Waals surface area contributed by atoms with Gasteiger partial charge in [-0.05, 0) is 65.4 Å². The Balaban J connectivity index is 1.77. The Morgan fingerprint density at radius 3 is 2.50 bits per heavy atom. The minimum atomic E-state index is -0.132. The van der Waals surface area contributed by atoms with Gasteiger partial charge in [-0.2, -0.15) is 0 Å². The third kappa shape index (κ3) is 5.55. The monoisotopic (exact) mass is 409 g/mol. The lowest BCUT2D eigenvalue weighted by Crippen LogP contribution is -2.39. The lowest BCUT2D eigenvalue weighted by atomic mass is 10.2. The molecule has 1 aromatic carbocycles. The molecule has 2 aromatic heterocycles. The zero-order chi connectivity index (χ0) is 21.7. The molecule has 0 aliphatic carbocycles. The van der Waals surface area contributed by atoms with E-state index in [9.17, 15) is 4.79 Å². The maximum absolute atomic E-state index is 12.8. The largest absolute Gasteiger partial charge is 0.384 e. The van der Waals surface area contributed by atoms with E-state index in [0.29, 0.717) is 22.6 Å². The number of imidazole rings is 1. The topological polar surface area (TPSA) is 89.2 Å². The molecule has 1 amide bonds. The number of carbonyl (C=O) groups excluding carboxylic acids is 1. The second-order valence-electron chi connectivity index (χ2n) is 8.09. The molecule has 3 aromatic rings. The Labute approximate surface area is 177 Å². The minimum Gasteiger partial charge on any atom is -0.384 e. The number of likely N-dealkylation sites (N-methyl/N-ethyl adjacent to an activating group) is 2. The Bertz CT molecular complexity index is 979. The molecule has 3 N–H and O–H groups in total. The summed E-state index contributed by atoms with van der Waals surface area (Å²) in [5.41, 5.74) is 3.73. The molecule has 8 heteroatoms. The molecule has 0 spiro atoms. The van der Waals surface area contributed by atoms with Crippen LogP contribution in [0.4, 0.5) is 5.69 Å². The fourth-order valence-corrected chi connectivity index (χ4v) is 3.30. The third-order valence-electron chi connectivity index (χ3n) is 4.70. The van der Waals surface area contributed by atoms with Gasteiger partial charge in [-0.3, -0.25) is 4.79 Å². The fraction of sp³-hybridized carbons (Fsp3) is 0.409. The van der Waals surface area contributed by atoms with Crippen LogP contribution in [0, 0.1) is 0 Å². The van der Waals surface area contributed by atoms with Gasteiger partial charge >= 0.3 is 0 Å². The second-order valence-corrected chi connectivity index (χ2v) is 8.09. The van der Waals surface area contributed by atoms with Gasteiger partial charge in [0.25, 0.3) is 5.91 Å². The highest BCUT2D eigenvalue weighted by molar-refractivity contribution is 6.04. The van der Waals surface area contributed by atoms with Crippen LogP contribution in [0.25, 0.3) is 22.6 Å². The van der Waals surface area contributed by atoms with E-state index in [0.717, 1.165) is 30.9 Å². The number of hydrogen-bond donors (Lipinski definition) is 3. The summed E-state index contributed by atoms with van der Waals surface area (Å²) in [4.78, 5) is 29.1. The van der Waals surface area contributed by atoms with Crippen molar-refractivity contribution in [2.75, 3.05) is 53.1 Å². The van der Waals surface area contributed by atoms with Gasteiger partial charge in [0.2, 0.25) is 0 Å². The van der Waals surface area contributed by atoms with Crippen molar-refractivity contribution in [2.24, 2.45) is 0 Å². The van der Waals surface area contributed by atoms with Crippen LogP contribution in [-0.2, 0) is 0 Å². The van der Waals surface area contributed by atoms with E-state index >= 15 is 0 Å². The van der Waals surface area contributed by atoms with E-state index in [4.69, 9.17) is 0 Å². The van der Waals surface area contributed by atoms with Gasteiger partial charge in [0.1, 0.15) is 5.82 Å². The number of nitrogens with zero attached hydrogens (tertiary/aromatic N) is 4. The molecule has 0 radical (unpaired) electrons. The van der Waals surface area contributed by atoms with Crippen molar-refractivity contribution in [3.8, 4) is 11.4 Å². The van der Waals surface area contributed by atoms with E-state index in [1.165, 1.54) is 0 Å². The van der Waals surface area contributed by atoms with Crippen LogP contribution in [-0.4, -0.2) is 84.5 Å². The van der Waals surface area contributed by atoms with Crippen molar-refractivity contribution in [1.29, 1.82) is 0 Å². The lowest BCUT2D eigenvalue weighted by molar-refractivity contribution is 0.0936. The second kappa shape index (κ2) is 9.69. The molecule has 1 atom stereocenters. The molecule has 160 valence electrons. The summed E-state index contributed by atoms with van der Waals surface area (Å²) in [6.07, 6.45) is 1.62. The minimum absolute atomic E-state index is 0.0330. The fourth-order valence-electron chi connectivity index (χ4n) is 3.30. The van der Waals surface area contributed by atoms with Crippen LogP contribution in [0.2, 0.25) is 0 Å². The zero-order valence-corrected chi connectivity index (χ0v) is 18.4. The number of aromatic nitrogens is 3. The molecule has 0 aliphatic rings. The Hall–Kier alpha value is -2.97. The zero-order valence-electron chi connectivity index (χ0n) is 18.4. The van der Waals surface area contributed by atoms with Crippen molar-refractivity contribution in [3.63, 3.8) is 0 Å². The maximum Gasteiger partial charge on any atom is 0.253 e. The van der Waals surface area contributed by atoms with Crippen molar-refractivity contribution < 1.29 is 4.79 Å². The van der Waals surface area contributed by atoms with Crippen LogP contribution in [0.3, 0.4) is 0 Å². The standard InChI is InChI=1S/C22H31N7O/c1-15(14-29(4)5)25-22(30)18-10-11-24-21-19(18)26-20(27-21)16-6-8-17(9-7-16)23-12-13-28(2)3/h6-11,15,23H,12-14H2,1-5H3,(H,25,30)(H,24,26,27). The van der Waals surface area contributed by atoms with Crippen molar-refractivity contribution >= 4 is 22.8 Å². The summed E-state index contributed by atoms with van der Waals surface area (Å²) in [6.45, 7) is 4.60. The molecule has 1 unspecified atom stereocenters. The molecule has 0 saturated carbocycles. The van der Waals surface area contributed by atoms with Crippen molar-refractivity contribution in [3.05, 3.63) is 42.1 Å². The summed E-state index contributed by atoms with van der Waals surface area (Å²) >= 11 is 0. The molecule has 30 heavy (non-hydrogen) atoms. The first-order valence-electron chi connectivity index (χ1n) is 10.1. The summed E-state index contributed by atoms with van der Waals surface area (Å²) in [5.74, 6) is 0.561. The third-order valence-corrected chi connectivity index (χ3v) is 4.70. The highest BCUT2D eigenvalue weighted by Gasteiger charge is 2.17.